The number of rotatable bonds is 7. The molecule has 0 spiro atoms. The quantitative estimate of drug-likeness (QED) is 0.720. The summed E-state index contributed by atoms with van der Waals surface area (Å²) in [5.74, 6) is -0.803. The number of amides is 2. The molecule has 0 heterocycles. The van der Waals surface area contributed by atoms with E-state index < -0.39 is 18.0 Å². The molecule has 0 aromatic heterocycles. The molecule has 0 fully saturated rings. The Hall–Kier alpha value is -1.76. The summed E-state index contributed by atoms with van der Waals surface area (Å²) < 4.78 is 13.1. The second kappa shape index (κ2) is 8.51. The fraction of sp³-hybridized carbons (Fsp3) is 0.429. The zero-order valence-electron chi connectivity index (χ0n) is 12.0. The van der Waals surface area contributed by atoms with Crippen molar-refractivity contribution in [2.45, 2.75) is 25.9 Å². The lowest BCUT2D eigenvalue weighted by atomic mass is 10.1. The average Bonchev–Trinajstić information content (AvgIpc) is 2.44. The Morgan fingerprint density at radius 3 is 2.76 bits per heavy atom. The lowest BCUT2D eigenvalue weighted by molar-refractivity contribution is -0.139. The highest BCUT2D eigenvalue weighted by Gasteiger charge is 2.19. The SMILES string of the molecule is CSCCC(NC(=O)NCc1cc(F)ccc1C)C(=O)O. The molecule has 0 radical (unpaired) electrons. The van der Waals surface area contributed by atoms with E-state index in [4.69, 9.17) is 5.11 Å². The monoisotopic (exact) mass is 314 g/mol. The Morgan fingerprint density at radius 1 is 1.43 bits per heavy atom. The van der Waals surface area contributed by atoms with Gasteiger partial charge in [0.1, 0.15) is 11.9 Å². The van der Waals surface area contributed by atoms with Crippen molar-refractivity contribution in [3.63, 3.8) is 0 Å². The number of carboxylic acid groups (broad SMARTS) is 1. The first kappa shape index (κ1) is 17.3. The minimum absolute atomic E-state index is 0.143. The molecule has 1 unspecified atom stereocenters. The summed E-state index contributed by atoms with van der Waals surface area (Å²) in [5, 5.41) is 14.0. The van der Waals surface area contributed by atoms with Crippen LogP contribution in [-0.2, 0) is 11.3 Å². The van der Waals surface area contributed by atoms with Crippen LogP contribution in [0.2, 0.25) is 0 Å². The van der Waals surface area contributed by atoms with Crippen LogP contribution in [0.4, 0.5) is 9.18 Å². The van der Waals surface area contributed by atoms with Gasteiger partial charge in [-0.1, -0.05) is 6.07 Å². The van der Waals surface area contributed by atoms with Crippen LogP contribution in [0.25, 0.3) is 0 Å². The lowest BCUT2D eigenvalue weighted by Gasteiger charge is -2.15. The Morgan fingerprint density at radius 2 is 2.14 bits per heavy atom. The van der Waals surface area contributed by atoms with Gasteiger partial charge in [0.15, 0.2) is 0 Å². The van der Waals surface area contributed by atoms with Gasteiger partial charge < -0.3 is 15.7 Å². The van der Waals surface area contributed by atoms with Crippen molar-refractivity contribution in [1.29, 1.82) is 0 Å². The van der Waals surface area contributed by atoms with Crippen LogP contribution in [0, 0.1) is 12.7 Å². The molecule has 7 heteroatoms. The maximum atomic E-state index is 13.1. The number of thioether (sulfide) groups is 1. The van der Waals surface area contributed by atoms with Gasteiger partial charge in [0.05, 0.1) is 0 Å². The molecule has 1 aromatic carbocycles. The number of urea groups is 1. The van der Waals surface area contributed by atoms with Gasteiger partial charge in [0.2, 0.25) is 0 Å². The molecule has 0 saturated carbocycles. The van der Waals surface area contributed by atoms with Crippen LogP contribution in [0.1, 0.15) is 17.5 Å². The maximum absolute atomic E-state index is 13.1. The van der Waals surface area contributed by atoms with Gasteiger partial charge in [-0.2, -0.15) is 11.8 Å². The summed E-state index contributed by atoms with van der Waals surface area (Å²) in [7, 11) is 0. The van der Waals surface area contributed by atoms with Gasteiger partial charge >= 0.3 is 12.0 Å². The topological polar surface area (TPSA) is 78.4 Å². The van der Waals surface area contributed by atoms with Gasteiger partial charge in [-0.05, 0) is 48.6 Å². The van der Waals surface area contributed by atoms with E-state index in [2.05, 4.69) is 10.6 Å². The van der Waals surface area contributed by atoms with Crippen molar-refractivity contribution in [2.75, 3.05) is 12.0 Å². The summed E-state index contributed by atoms with van der Waals surface area (Å²) in [5.41, 5.74) is 1.51. The first-order valence-electron chi connectivity index (χ1n) is 6.45. The fourth-order valence-corrected chi connectivity index (χ4v) is 2.18. The highest BCUT2D eigenvalue weighted by atomic mass is 32.2. The first-order chi connectivity index (χ1) is 9.93. The van der Waals surface area contributed by atoms with Crippen molar-refractivity contribution >= 4 is 23.8 Å². The van der Waals surface area contributed by atoms with Crippen molar-refractivity contribution < 1.29 is 19.1 Å². The molecule has 0 saturated heterocycles. The Kier molecular flexibility index (Phi) is 7.01. The Labute approximate surface area is 127 Å². The molecular formula is C14H19FN2O3S. The van der Waals surface area contributed by atoms with Crippen LogP contribution in [-0.4, -0.2) is 35.2 Å². The van der Waals surface area contributed by atoms with E-state index in [1.807, 2.05) is 13.2 Å². The number of aliphatic carboxylic acids is 1. The molecule has 0 aliphatic heterocycles. The summed E-state index contributed by atoms with van der Waals surface area (Å²) in [6, 6.07) is 2.82. The number of hydrogen-bond donors (Lipinski definition) is 3. The molecule has 116 valence electrons. The number of hydrogen-bond acceptors (Lipinski definition) is 3. The van der Waals surface area contributed by atoms with E-state index >= 15 is 0 Å². The number of carbonyl (C=O) groups excluding carboxylic acids is 1. The van der Waals surface area contributed by atoms with Crippen molar-refractivity contribution in [2.24, 2.45) is 0 Å². The predicted octanol–water partition coefficient (Wildman–Crippen LogP) is 2.14. The molecule has 1 aromatic rings. The number of aryl methyl sites for hydroxylation is 1. The van der Waals surface area contributed by atoms with Crippen LogP contribution in [0.3, 0.4) is 0 Å². The zero-order chi connectivity index (χ0) is 15.8. The van der Waals surface area contributed by atoms with E-state index in [0.29, 0.717) is 17.7 Å². The molecule has 1 atom stereocenters. The van der Waals surface area contributed by atoms with Gasteiger partial charge in [-0.15, -0.1) is 0 Å². The number of nitrogens with one attached hydrogen (secondary N) is 2. The summed E-state index contributed by atoms with van der Waals surface area (Å²) >= 11 is 1.51. The van der Waals surface area contributed by atoms with Crippen LogP contribution < -0.4 is 10.6 Å². The first-order valence-corrected chi connectivity index (χ1v) is 7.84. The van der Waals surface area contributed by atoms with Crippen LogP contribution >= 0.6 is 11.8 Å². The maximum Gasteiger partial charge on any atom is 0.326 e. The molecule has 21 heavy (non-hydrogen) atoms. The number of carboxylic acids is 1. The van der Waals surface area contributed by atoms with E-state index in [1.54, 1.807) is 6.07 Å². The Balaban J connectivity index is 2.52. The minimum atomic E-state index is -1.07. The third-order valence-electron chi connectivity index (χ3n) is 2.96. The van der Waals surface area contributed by atoms with Crippen molar-refractivity contribution in [1.82, 2.24) is 10.6 Å². The normalized spacial score (nSPS) is 11.8. The molecule has 0 bridgehead atoms. The summed E-state index contributed by atoms with van der Waals surface area (Å²) in [4.78, 5) is 22.7. The standard InChI is InChI=1S/C14H19FN2O3S/c1-9-3-4-11(15)7-10(9)8-16-14(20)17-12(13(18)19)5-6-21-2/h3-4,7,12H,5-6,8H2,1-2H3,(H,18,19)(H2,16,17,20). The fourth-order valence-electron chi connectivity index (χ4n) is 1.71. The molecule has 0 aliphatic carbocycles. The highest BCUT2D eigenvalue weighted by molar-refractivity contribution is 7.98. The van der Waals surface area contributed by atoms with E-state index in [0.717, 1.165) is 5.56 Å². The van der Waals surface area contributed by atoms with Gasteiger partial charge in [-0.3, -0.25) is 0 Å². The summed E-state index contributed by atoms with van der Waals surface area (Å²) in [6.45, 7) is 1.96. The Bertz CT molecular complexity index is 511. The molecule has 5 nitrogen and oxygen atoms in total. The van der Waals surface area contributed by atoms with Crippen LogP contribution in [0.15, 0.2) is 18.2 Å². The lowest BCUT2D eigenvalue weighted by Crippen LogP contribution is -2.46. The second-order valence-corrected chi connectivity index (χ2v) is 5.56. The molecular weight excluding hydrogens is 295 g/mol. The average molecular weight is 314 g/mol. The molecule has 2 amide bonds. The van der Waals surface area contributed by atoms with Gasteiger partial charge in [0, 0.05) is 6.54 Å². The molecule has 1 rings (SSSR count). The number of benzene rings is 1. The third kappa shape index (κ3) is 6.03. The minimum Gasteiger partial charge on any atom is -0.480 e. The number of halogens is 1. The van der Waals surface area contributed by atoms with E-state index in [-0.39, 0.29) is 12.4 Å². The van der Waals surface area contributed by atoms with Gasteiger partial charge in [0.25, 0.3) is 0 Å². The predicted molar refractivity (Wildman–Crippen MR) is 80.9 cm³/mol. The largest absolute Gasteiger partial charge is 0.480 e. The highest BCUT2D eigenvalue weighted by Crippen LogP contribution is 2.09. The molecule has 3 N–H and O–H groups in total. The van der Waals surface area contributed by atoms with E-state index in [1.165, 1.54) is 23.9 Å². The van der Waals surface area contributed by atoms with Crippen molar-refractivity contribution in [3.8, 4) is 0 Å². The van der Waals surface area contributed by atoms with Crippen LogP contribution in [0.5, 0.6) is 0 Å². The van der Waals surface area contributed by atoms with E-state index in [9.17, 15) is 14.0 Å². The second-order valence-electron chi connectivity index (χ2n) is 4.57. The van der Waals surface area contributed by atoms with Gasteiger partial charge in [-0.25, -0.2) is 14.0 Å². The molecule has 0 aliphatic rings. The van der Waals surface area contributed by atoms with Crippen molar-refractivity contribution in [3.05, 3.63) is 35.1 Å². The smallest absolute Gasteiger partial charge is 0.326 e. The third-order valence-corrected chi connectivity index (χ3v) is 3.61. The number of carbonyl (C=O) groups is 2. The summed E-state index contributed by atoms with van der Waals surface area (Å²) in [6.07, 6.45) is 2.22. The zero-order valence-corrected chi connectivity index (χ0v) is 12.8.